The summed E-state index contributed by atoms with van der Waals surface area (Å²) < 4.78 is 1.44. The number of hydrogen-bond acceptors (Lipinski definition) is 3. The quantitative estimate of drug-likeness (QED) is 0.493. The van der Waals surface area contributed by atoms with Crippen LogP contribution in [0.5, 0.6) is 0 Å². The number of rotatable bonds is 1. The summed E-state index contributed by atoms with van der Waals surface area (Å²) >= 11 is 0. The first-order valence-electron chi connectivity index (χ1n) is 3.56. The first-order valence-corrected chi connectivity index (χ1v) is 3.56. The van der Waals surface area contributed by atoms with E-state index in [1.807, 2.05) is 0 Å². The van der Waals surface area contributed by atoms with Crippen LogP contribution in [0.25, 0.3) is 0 Å². The van der Waals surface area contributed by atoms with E-state index in [1.54, 1.807) is 20.0 Å². The van der Waals surface area contributed by atoms with Crippen molar-refractivity contribution in [3.05, 3.63) is 28.2 Å². The lowest BCUT2D eigenvalue weighted by molar-refractivity contribution is 0.425. The van der Waals surface area contributed by atoms with E-state index in [9.17, 15) is 4.79 Å². The molecule has 0 atom stereocenters. The fraction of sp³-hybridized carbons (Fsp3) is 0.286. The number of nitrogens with zero attached hydrogens (tertiary/aromatic N) is 1. The Balaban J connectivity index is 3.31. The van der Waals surface area contributed by atoms with Gasteiger partial charge in [-0.3, -0.25) is 4.79 Å². The molecule has 1 aromatic heterocycles. The second-order valence-electron chi connectivity index (χ2n) is 2.70. The predicted octanol–water partition coefficient (Wildman–Crippen LogP) is -1.63. The molecule has 0 aliphatic rings. The Bertz CT molecular complexity index is 345. The van der Waals surface area contributed by atoms with Crippen LogP contribution >= 0.6 is 0 Å². The highest BCUT2D eigenvalue weighted by Gasteiger charge is 2.12. The molecule has 1 rings (SSSR count). The number of hydrogen-bond donors (Lipinski definition) is 2. The van der Waals surface area contributed by atoms with Gasteiger partial charge in [-0.05, 0) is 18.5 Å². The van der Waals surface area contributed by atoms with Crippen LogP contribution in [0.2, 0.25) is 0 Å². The molecule has 0 spiro atoms. The summed E-state index contributed by atoms with van der Waals surface area (Å²) in [5.74, 6) is 0. The summed E-state index contributed by atoms with van der Waals surface area (Å²) in [7, 11) is 0.0585. The van der Waals surface area contributed by atoms with Crippen LogP contribution in [0.4, 0.5) is 0 Å². The van der Waals surface area contributed by atoms with Crippen LogP contribution in [-0.2, 0) is 7.05 Å². The normalized spacial score (nSPS) is 10.0. The number of aromatic nitrogens is 1. The second-order valence-corrected chi connectivity index (χ2v) is 2.70. The SMILES string of the molecule is Cc1cc(B(O)O)cc(=O)n1C. The Morgan fingerprint density at radius 3 is 2.42 bits per heavy atom. The van der Waals surface area contributed by atoms with Gasteiger partial charge in [0.1, 0.15) is 0 Å². The van der Waals surface area contributed by atoms with Crippen LogP contribution in [0.3, 0.4) is 0 Å². The highest BCUT2D eigenvalue weighted by molar-refractivity contribution is 6.58. The lowest BCUT2D eigenvalue weighted by Crippen LogP contribution is -2.35. The maximum absolute atomic E-state index is 11.1. The van der Waals surface area contributed by atoms with E-state index >= 15 is 0 Å². The summed E-state index contributed by atoms with van der Waals surface area (Å²) in [4.78, 5) is 11.1. The Morgan fingerprint density at radius 1 is 1.42 bits per heavy atom. The molecule has 0 saturated carbocycles. The molecule has 0 radical (unpaired) electrons. The molecule has 4 nitrogen and oxygen atoms in total. The molecule has 0 saturated heterocycles. The first-order chi connectivity index (χ1) is 5.52. The van der Waals surface area contributed by atoms with E-state index < -0.39 is 7.12 Å². The van der Waals surface area contributed by atoms with E-state index in [-0.39, 0.29) is 11.0 Å². The Hall–Kier alpha value is -1.07. The third kappa shape index (κ3) is 1.57. The average Bonchev–Trinajstić information content (AvgIpc) is 1.99. The summed E-state index contributed by atoms with van der Waals surface area (Å²) in [6.07, 6.45) is 0. The standard InChI is InChI=1S/C7H10BNO3/c1-5-3-6(8(11)12)4-7(10)9(5)2/h3-4,11-12H,1-2H3. The second kappa shape index (κ2) is 3.12. The van der Waals surface area contributed by atoms with Crippen molar-refractivity contribution in [2.75, 3.05) is 0 Å². The van der Waals surface area contributed by atoms with Crippen molar-refractivity contribution in [3.63, 3.8) is 0 Å². The Kier molecular flexibility index (Phi) is 2.35. The molecule has 1 heterocycles. The van der Waals surface area contributed by atoms with E-state index in [0.29, 0.717) is 5.69 Å². The molecule has 0 aliphatic carbocycles. The zero-order valence-electron chi connectivity index (χ0n) is 6.98. The summed E-state index contributed by atoms with van der Waals surface area (Å²) in [5.41, 5.74) is 0.694. The van der Waals surface area contributed by atoms with Crippen LogP contribution in [0.15, 0.2) is 16.9 Å². The predicted molar refractivity (Wildman–Crippen MR) is 46.2 cm³/mol. The number of aryl methyl sites for hydroxylation is 1. The molecule has 0 fully saturated rings. The maximum Gasteiger partial charge on any atom is 0.488 e. The van der Waals surface area contributed by atoms with Crippen LogP contribution < -0.4 is 11.0 Å². The van der Waals surface area contributed by atoms with Gasteiger partial charge < -0.3 is 14.6 Å². The van der Waals surface area contributed by atoms with Crippen LogP contribution in [0, 0.1) is 6.92 Å². The van der Waals surface area contributed by atoms with Gasteiger partial charge in [0.15, 0.2) is 0 Å². The molecule has 0 aliphatic heterocycles. The molecule has 5 heteroatoms. The fourth-order valence-corrected chi connectivity index (χ4v) is 0.942. The molecular formula is C7H10BNO3. The molecule has 64 valence electrons. The summed E-state index contributed by atoms with van der Waals surface area (Å²) in [6.45, 7) is 1.73. The average molecular weight is 167 g/mol. The topological polar surface area (TPSA) is 62.5 Å². The largest absolute Gasteiger partial charge is 0.488 e. The van der Waals surface area contributed by atoms with Crippen molar-refractivity contribution in [3.8, 4) is 0 Å². The molecule has 0 bridgehead atoms. The van der Waals surface area contributed by atoms with Gasteiger partial charge in [-0.15, -0.1) is 0 Å². The smallest absolute Gasteiger partial charge is 0.423 e. The minimum Gasteiger partial charge on any atom is -0.423 e. The summed E-state index contributed by atoms with van der Waals surface area (Å²) in [6, 6.07) is 2.77. The molecule has 0 amide bonds. The zero-order chi connectivity index (χ0) is 9.30. The first kappa shape index (κ1) is 9.03. The van der Waals surface area contributed by atoms with E-state index in [0.717, 1.165) is 0 Å². The monoisotopic (exact) mass is 167 g/mol. The highest BCUT2D eigenvalue weighted by atomic mass is 16.4. The molecule has 2 N–H and O–H groups in total. The van der Waals surface area contributed by atoms with E-state index in [4.69, 9.17) is 10.0 Å². The molecule has 12 heavy (non-hydrogen) atoms. The van der Waals surface area contributed by atoms with Gasteiger partial charge >= 0.3 is 7.12 Å². The van der Waals surface area contributed by atoms with Crippen molar-refractivity contribution in [1.29, 1.82) is 0 Å². The molecule has 0 aromatic carbocycles. The van der Waals surface area contributed by atoms with Crippen molar-refractivity contribution in [1.82, 2.24) is 4.57 Å². The molecule has 1 aromatic rings. The van der Waals surface area contributed by atoms with Gasteiger partial charge in [0.05, 0.1) is 0 Å². The highest BCUT2D eigenvalue weighted by Crippen LogP contribution is 1.88. The van der Waals surface area contributed by atoms with Crippen LogP contribution in [0.1, 0.15) is 5.69 Å². The third-order valence-corrected chi connectivity index (χ3v) is 1.82. The maximum atomic E-state index is 11.1. The van der Waals surface area contributed by atoms with Crippen LogP contribution in [-0.4, -0.2) is 21.7 Å². The van der Waals surface area contributed by atoms with Gasteiger partial charge in [0, 0.05) is 18.8 Å². The van der Waals surface area contributed by atoms with E-state index in [2.05, 4.69) is 0 Å². The zero-order valence-corrected chi connectivity index (χ0v) is 6.98. The van der Waals surface area contributed by atoms with Crippen molar-refractivity contribution in [2.24, 2.45) is 7.05 Å². The Morgan fingerprint density at radius 2 is 2.00 bits per heavy atom. The minimum absolute atomic E-state index is 0.232. The third-order valence-electron chi connectivity index (χ3n) is 1.82. The van der Waals surface area contributed by atoms with Gasteiger partial charge in [-0.1, -0.05) is 0 Å². The minimum atomic E-state index is -1.57. The van der Waals surface area contributed by atoms with Crippen molar-refractivity contribution >= 4 is 12.6 Å². The van der Waals surface area contributed by atoms with Gasteiger partial charge in [-0.2, -0.15) is 0 Å². The van der Waals surface area contributed by atoms with Crippen molar-refractivity contribution in [2.45, 2.75) is 6.92 Å². The van der Waals surface area contributed by atoms with Crippen molar-refractivity contribution < 1.29 is 10.0 Å². The summed E-state index contributed by atoms with van der Waals surface area (Å²) in [5, 5.41) is 17.5. The lowest BCUT2D eigenvalue weighted by atomic mass is 9.80. The molecule has 0 unspecified atom stereocenters. The number of pyridine rings is 1. The lowest BCUT2D eigenvalue weighted by Gasteiger charge is -2.04. The van der Waals surface area contributed by atoms with E-state index in [1.165, 1.54) is 10.6 Å². The van der Waals surface area contributed by atoms with Gasteiger partial charge in [0.2, 0.25) is 5.56 Å². The van der Waals surface area contributed by atoms with Gasteiger partial charge in [0.25, 0.3) is 0 Å². The Labute approximate surface area is 70.2 Å². The fourth-order valence-electron chi connectivity index (χ4n) is 0.942. The molecular weight excluding hydrogens is 157 g/mol. The van der Waals surface area contributed by atoms with Gasteiger partial charge in [-0.25, -0.2) is 0 Å².